The van der Waals surface area contributed by atoms with Gasteiger partial charge in [0.2, 0.25) is 0 Å². The van der Waals surface area contributed by atoms with E-state index in [0.717, 1.165) is 0 Å². The molecule has 14 heavy (non-hydrogen) atoms. The van der Waals surface area contributed by atoms with E-state index in [0.29, 0.717) is 6.42 Å². The SMILES string of the molecule is CCC(CO)(CO)NC(N)=NC(C)C. The summed E-state index contributed by atoms with van der Waals surface area (Å²) in [6, 6.07) is 0.0921. The van der Waals surface area contributed by atoms with Crippen LogP contribution in [0.1, 0.15) is 27.2 Å². The van der Waals surface area contributed by atoms with Crippen molar-refractivity contribution in [2.75, 3.05) is 13.2 Å². The Morgan fingerprint density at radius 2 is 1.93 bits per heavy atom. The molecular weight excluding hydrogens is 182 g/mol. The smallest absolute Gasteiger partial charge is 0.189 e. The Morgan fingerprint density at radius 3 is 2.21 bits per heavy atom. The third-order valence-electron chi connectivity index (χ3n) is 2.07. The van der Waals surface area contributed by atoms with Gasteiger partial charge in [-0.05, 0) is 20.3 Å². The average Bonchev–Trinajstić information content (AvgIpc) is 2.13. The zero-order valence-electron chi connectivity index (χ0n) is 9.12. The number of hydrogen-bond acceptors (Lipinski definition) is 3. The third-order valence-corrected chi connectivity index (χ3v) is 2.07. The molecule has 0 aliphatic rings. The molecule has 0 saturated carbocycles. The van der Waals surface area contributed by atoms with Crippen molar-refractivity contribution in [3.8, 4) is 0 Å². The molecule has 0 saturated heterocycles. The van der Waals surface area contributed by atoms with Gasteiger partial charge in [-0.3, -0.25) is 4.99 Å². The van der Waals surface area contributed by atoms with E-state index in [1.54, 1.807) is 0 Å². The number of nitrogens with zero attached hydrogens (tertiary/aromatic N) is 1. The van der Waals surface area contributed by atoms with Crippen molar-refractivity contribution in [1.82, 2.24) is 5.32 Å². The fraction of sp³-hybridized carbons (Fsp3) is 0.889. The van der Waals surface area contributed by atoms with Gasteiger partial charge in [-0.2, -0.15) is 0 Å². The molecule has 5 N–H and O–H groups in total. The number of guanidine groups is 1. The van der Waals surface area contributed by atoms with E-state index >= 15 is 0 Å². The zero-order valence-corrected chi connectivity index (χ0v) is 9.12. The molecule has 0 radical (unpaired) electrons. The Hall–Kier alpha value is -0.810. The highest BCUT2D eigenvalue weighted by Crippen LogP contribution is 2.07. The van der Waals surface area contributed by atoms with Crippen molar-refractivity contribution < 1.29 is 10.2 Å². The molecule has 0 aliphatic heterocycles. The molecule has 5 heteroatoms. The van der Waals surface area contributed by atoms with Crippen LogP contribution >= 0.6 is 0 Å². The summed E-state index contributed by atoms with van der Waals surface area (Å²) in [6.45, 7) is 5.32. The Bertz CT molecular complexity index is 180. The van der Waals surface area contributed by atoms with Crippen molar-refractivity contribution in [2.24, 2.45) is 10.7 Å². The quantitative estimate of drug-likeness (QED) is 0.356. The van der Waals surface area contributed by atoms with Gasteiger partial charge < -0.3 is 21.3 Å². The van der Waals surface area contributed by atoms with Gasteiger partial charge >= 0.3 is 0 Å². The molecule has 0 heterocycles. The maximum atomic E-state index is 9.13. The predicted molar refractivity (Wildman–Crippen MR) is 57.1 cm³/mol. The summed E-state index contributed by atoms with van der Waals surface area (Å²) in [4.78, 5) is 4.07. The summed E-state index contributed by atoms with van der Waals surface area (Å²) in [5, 5.41) is 21.1. The van der Waals surface area contributed by atoms with Crippen molar-refractivity contribution >= 4 is 5.96 Å². The van der Waals surface area contributed by atoms with Crippen LogP contribution < -0.4 is 11.1 Å². The minimum atomic E-state index is -0.761. The average molecular weight is 203 g/mol. The fourth-order valence-electron chi connectivity index (χ4n) is 1.02. The normalized spacial score (nSPS) is 13.4. The molecule has 5 nitrogen and oxygen atoms in total. The molecule has 84 valence electrons. The van der Waals surface area contributed by atoms with Gasteiger partial charge in [-0.1, -0.05) is 6.92 Å². The van der Waals surface area contributed by atoms with Crippen LogP contribution in [0, 0.1) is 0 Å². The monoisotopic (exact) mass is 203 g/mol. The highest BCUT2D eigenvalue weighted by Gasteiger charge is 2.26. The van der Waals surface area contributed by atoms with E-state index in [4.69, 9.17) is 15.9 Å². The molecule has 0 spiro atoms. The maximum absolute atomic E-state index is 9.13. The lowest BCUT2D eigenvalue weighted by Gasteiger charge is -2.30. The van der Waals surface area contributed by atoms with Crippen LogP contribution in [-0.2, 0) is 0 Å². The number of rotatable bonds is 5. The molecule has 0 unspecified atom stereocenters. The topological polar surface area (TPSA) is 90.9 Å². The Labute approximate surface area is 85.0 Å². The molecule has 0 amide bonds. The molecule has 0 atom stereocenters. The Morgan fingerprint density at radius 1 is 1.43 bits per heavy atom. The summed E-state index contributed by atoms with van der Waals surface area (Å²) in [7, 11) is 0. The largest absolute Gasteiger partial charge is 0.394 e. The summed E-state index contributed by atoms with van der Waals surface area (Å²) in [6.07, 6.45) is 0.578. The second-order valence-corrected chi connectivity index (χ2v) is 3.68. The van der Waals surface area contributed by atoms with Gasteiger partial charge in [0.15, 0.2) is 5.96 Å². The summed E-state index contributed by atoms with van der Waals surface area (Å²) in [5.74, 6) is 0.255. The second-order valence-electron chi connectivity index (χ2n) is 3.68. The second kappa shape index (κ2) is 5.82. The lowest BCUT2D eigenvalue weighted by atomic mass is 9.99. The van der Waals surface area contributed by atoms with Crippen molar-refractivity contribution in [3.63, 3.8) is 0 Å². The number of nitrogens with two attached hydrogens (primary N) is 1. The van der Waals surface area contributed by atoms with E-state index in [9.17, 15) is 0 Å². The first-order valence-corrected chi connectivity index (χ1v) is 4.83. The molecule has 0 fully saturated rings. The molecule has 0 rings (SSSR count). The summed E-state index contributed by atoms with van der Waals surface area (Å²) >= 11 is 0. The van der Waals surface area contributed by atoms with Crippen molar-refractivity contribution in [1.29, 1.82) is 0 Å². The van der Waals surface area contributed by atoms with E-state index in [1.165, 1.54) is 0 Å². The van der Waals surface area contributed by atoms with E-state index in [2.05, 4.69) is 10.3 Å². The van der Waals surface area contributed by atoms with Crippen LogP contribution in [0.4, 0.5) is 0 Å². The molecular formula is C9H21N3O2. The van der Waals surface area contributed by atoms with Crippen molar-refractivity contribution in [2.45, 2.75) is 38.8 Å². The minimum absolute atomic E-state index is 0.0921. The number of aliphatic hydroxyl groups excluding tert-OH is 2. The number of hydrogen-bond donors (Lipinski definition) is 4. The first-order valence-electron chi connectivity index (χ1n) is 4.83. The van der Waals surface area contributed by atoms with Gasteiger partial charge in [-0.15, -0.1) is 0 Å². The van der Waals surface area contributed by atoms with Crippen LogP contribution in [0.3, 0.4) is 0 Å². The summed E-state index contributed by atoms with van der Waals surface area (Å²) < 4.78 is 0. The first kappa shape index (κ1) is 13.2. The van der Waals surface area contributed by atoms with Gasteiger partial charge in [0.05, 0.1) is 18.8 Å². The molecule has 0 bridgehead atoms. The number of aliphatic hydroxyl groups is 2. The Balaban J connectivity index is 4.44. The molecule has 0 aliphatic carbocycles. The van der Waals surface area contributed by atoms with Gasteiger partial charge in [0, 0.05) is 6.04 Å². The van der Waals surface area contributed by atoms with Crippen LogP contribution in [0.5, 0.6) is 0 Å². The first-order chi connectivity index (χ1) is 6.49. The van der Waals surface area contributed by atoms with Crippen molar-refractivity contribution in [3.05, 3.63) is 0 Å². The van der Waals surface area contributed by atoms with Gasteiger partial charge in [0.1, 0.15) is 0 Å². The minimum Gasteiger partial charge on any atom is -0.394 e. The van der Waals surface area contributed by atoms with E-state index < -0.39 is 5.54 Å². The van der Waals surface area contributed by atoms with E-state index in [1.807, 2.05) is 20.8 Å². The molecule has 0 aromatic heterocycles. The van der Waals surface area contributed by atoms with E-state index in [-0.39, 0.29) is 25.2 Å². The Kier molecular flexibility index (Phi) is 5.49. The molecule has 0 aromatic rings. The predicted octanol–water partition coefficient (Wildman–Crippen LogP) is -0.567. The standard InChI is InChI=1S/C9H21N3O2/c1-4-9(5-13,6-14)12-8(10)11-7(2)3/h7,13-14H,4-6H2,1-3H3,(H3,10,11,12). The summed E-state index contributed by atoms with van der Waals surface area (Å²) in [5.41, 5.74) is 4.84. The maximum Gasteiger partial charge on any atom is 0.189 e. The number of nitrogens with one attached hydrogen (secondary N) is 1. The van der Waals surface area contributed by atoms with Crippen LogP contribution in [0.2, 0.25) is 0 Å². The zero-order chi connectivity index (χ0) is 11.2. The van der Waals surface area contributed by atoms with Crippen LogP contribution in [0.25, 0.3) is 0 Å². The van der Waals surface area contributed by atoms with Gasteiger partial charge in [0.25, 0.3) is 0 Å². The lowest BCUT2D eigenvalue weighted by Crippen LogP contribution is -2.56. The fourth-order valence-corrected chi connectivity index (χ4v) is 1.02. The van der Waals surface area contributed by atoms with Crippen LogP contribution in [-0.4, -0.2) is 41.0 Å². The van der Waals surface area contributed by atoms with Crippen LogP contribution in [0.15, 0.2) is 4.99 Å². The lowest BCUT2D eigenvalue weighted by molar-refractivity contribution is 0.103. The number of aliphatic imine (C=N–C) groups is 1. The third kappa shape index (κ3) is 3.93. The molecule has 0 aromatic carbocycles. The van der Waals surface area contributed by atoms with Gasteiger partial charge in [-0.25, -0.2) is 0 Å². The highest BCUT2D eigenvalue weighted by atomic mass is 16.3. The highest BCUT2D eigenvalue weighted by molar-refractivity contribution is 5.78.